The van der Waals surface area contributed by atoms with Gasteiger partial charge in [-0.05, 0) is 24.3 Å². The van der Waals surface area contributed by atoms with Crippen molar-refractivity contribution in [2.75, 3.05) is 18.4 Å². The molecule has 1 N–H and O–H groups in total. The minimum atomic E-state index is -3.79. The van der Waals surface area contributed by atoms with Gasteiger partial charge in [0.25, 0.3) is 10.0 Å². The van der Waals surface area contributed by atoms with E-state index in [-0.39, 0.29) is 10.7 Å². The number of aromatic nitrogens is 5. The van der Waals surface area contributed by atoms with E-state index in [1.807, 2.05) is 6.07 Å². The lowest BCUT2D eigenvalue weighted by Crippen LogP contribution is -2.14. The predicted octanol–water partition coefficient (Wildman–Crippen LogP) is 1.18. The van der Waals surface area contributed by atoms with Crippen LogP contribution in [0.2, 0.25) is 0 Å². The van der Waals surface area contributed by atoms with Gasteiger partial charge < -0.3 is 4.74 Å². The van der Waals surface area contributed by atoms with Gasteiger partial charge in [0.1, 0.15) is 10.6 Å². The molecule has 0 saturated carbocycles. The van der Waals surface area contributed by atoms with Crippen molar-refractivity contribution in [1.82, 2.24) is 25.0 Å². The molecule has 3 aromatic heterocycles. The number of ether oxygens (including phenoxy) is 1. The molecule has 25 heavy (non-hydrogen) atoms. The van der Waals surface area contributed by atoms with Crippen molar-refractivity contribution in [2.24, 2.45) is 0 Å². The largest absolute Gasteiger partial charge is 0.383 e. The second kappa shape index (κ2) is 7.36. The highest BCUT2D eigenvalue weighted by atomic mass is 32.2. The van der Waals surface area contributed by atoms with E-state index in [1.54, 1.807) is 31.5 Å². The zero-order valence-electron chi connectivity index (χ0n) is 13.4. The third-order valence-corrected chi connectivity index (χ3v) is 4.58. The SMILES string of the molecule is COCCn1cc(S(=O)(=O)Nc2ccc(-c3ccccn3)nn2)cn1. The molecule has 0 aliphatic carbocycles. The lowest BCUT2D eigenvalue weighted by atomic mass is 10.2. The summed E-state index contributed by atoms with van der Waals surface area (Å²) in [5.41, 5.74) is 1.21. The topological polar surface area (TPSA) is 112 Å². The lowest BCUT2D eigenvalue weighted by molar-refractivity contribution is 0.183. The average Bonchev–Trinajstić information content (AvgIpc) is 3.11. The molecule has 0 spiro atoms. The van der Waals surface area contributed by atoms with E-state index < -0.39 is 10.0 Å². The van der Waals surface area contributed by atoms with Crippen LogP contribution >= 0.6 is 0 Å². The maximum absolute atomic E-state index is 12.4. The smallest absolute Gasteiger partial charge is 0.266 e. The number of hydrogen-bond acceptors (Lipinski definition) is 7. The number of sulfonamides is 1. The van der Waals surface area contributed by atoms with Gasteiger partial charge in [0, 0.05) is 19.5 Å². The monoisotopic (exact) mass is 360 g/mol. The van der Waals surface area contributed by atoms with Gasteiger partial charge in [0.05, 0.1) is 25.0 Å². The van der Waals surface area contributed by atoms with Crippen LogP contribution in [-0.4, -0.2) is 47.1 Å². The Morgan fingerprint density at radius 2 is 2.04 bits per heavy atom. The normalized spacial score (nSPS) is 11.4. The van der Waals surface area contributed by atoms with Crippen LogP contribution in [0.4, 0.5) is 5.82 Å². The molecule has 10 heteroatoms. The fourth-order valence-corrected chi connectivity index (χ4v) is 2.97. The van der Waals surface area contributed by atoms with Crippen LogP contribution in [0, 0.1) is 0 Å². The molecule has 0 saturated heterocycles. The zero-order valence-corrected chi connectivity index (χ0v) is 14.2. The summed E-state index contributed by atoms with van der Waals surface area (Å²) in [5.74, 6) is 0.115. The van der Waals surface area contributed by atoms with E-state index in [0.717, 1.165) is 0 Å². The predicted molar refractivity (Wildman–Crippen MR) is 90.2 cm³/mol. The summed E-state index contributed by atoms with van der Waals surface area (Å²) in [6.45, 7) is 0.902. The van der Waals surface area contributed by atoms with Gasteiger partial charge in [0.2, 0.25) is 0 Å². The van der Waals surface area contributed by atoms with Crippen molar-refractivity contribution < 1.29 is 13.2 Å². The Kier molecular flexibility index (Phi) is 5.00. The standard InChI is InChI=1S/C15H16N6O3S/c1-24-9-8-21-11-12(10-17-21)25(22,23)20-15-6-5-14(18-19-15)13-4-2-3-7-16-13/h2-7,10-11H,8-9H2,1H3,(H,19,20). The number of rotatable bonds is 7. The van der Waals surface area contributed by atoms with Crippen molar-refractivity contribution in [2.45, 2.75) is 11.4 Å². The summed E-state index contributed by atoms with van der Waals surface area (Å²) in [6, 6.07) is 8.61. The first-order valence-corrected chi connectivity index (χ1v) is 8.86. The van der Waals surface area contributed by atoms with Crippen LogP contribution in [0.25, 0.3) is 11.4 Å². The Morgan fingerprint density at radius 1 is 1.16 bits per heavy atom. The molecule has 0 fully saturated rings. The molecule has 0 unspecified atom stereocenters. The molecule has 0 atom stereocenters. The molecule has 0 radical (unpaired) electrons. The van der Waals surface area contributed by atoms with E-state index in [9.17, 15) is 8.42 Å². The fraction of sp³-hybridized carbons (Fsp3) is 0.200. The minimum Gasteiger partial charge on any atom is -0.383 e. The van der Waals surface area contributed by atoms with Crippen LogP contribution in [0.15, 0.2) is 53.8 Å². The highest BCUT2D eigenvalue weighted by Crippen LogP contribution is 2.16. The van der Waals surface area contributed by atoms with Crippen LogP contribution in [0.1, 0.15) is 0 Å². The first-order valence-electron chi connectivity index (χ1n) is 7.38. The molecule has 9 nitrogen and oxygen atoms in total. The molecular weight excluding hydrogens is 344 g/mol. The maximum atomic E-state index is 12.4. The molecule has 0 aliphatic rings. The van der Waals surface area contributed by atoms with Crippen LogP contribution in [0.5, 0.6) is 0 Å². The lowest BCUT2D eigenvalue weighted by Gasteiger charge is -2.05. The molecule has 3 aromatic rings. The summed E-state index contributed by atoms with van der Waals surface area (Å²) in [4.78, 5) is 4.21. The van der Waals surface area contributed by atoms with Gasteiger partial charge in [-0.15, -0.1) is 10.2 Å². The highest BCUT2D eigenvalue weighted by Gasteiger charge is 2.17. The van der Waals surface area contributed by atoms with E-state index >= 15 is 0 Å². The third kappa shape index (κ3) is 4.17. The molecule has 0 aromatic carbocycles. The molecule has 130 valence electrons. The molecule has 3 rings (SSSR count). The number of methoxy groups -OCH3 is 1. The molecule has 0 bridgehead atoms. The minimum absolute atomic E-state index is 0.0409. The summed E-state index contributed by atoms with van der Waals surface area (Å²) in [7, 11) is -2.22. The Labute approximate surface area is 144 Å². The average molecular weight is 360 g/mol. The summed E-state index contributed by atoms with van der Waals surface area (Å²) >= 11 is 0. The molecule has 0 aliphatic heterocycles. The second-order valence-corrected chi connectivity index (χ2v) is 6.74. The number of hydrogen-bond donors (Lipinski definition) is 1. The van der Waals surface area contributed by atoms with E-state index in [0.29, 0.717) is 24.5 Å². The summed E-state index contributed by atoms with van der Waals surface area (Å²) < 4.78 is 33.5. The summed E-state index contributed by atoms with van der Waals surface area (Å²) in [5, 5.41) is 11.9. The van der Waals surface area contributed by atoms with Crippen molar-refractivity contribution in [3.8, 4) is 11.4 Å². The van der Waals surface area contributed by atoms with Gasteiger partial charge in [-0.3, -0.25) is 14.4 Å². The highest BCUT2D eigenvalue weighted by molar-refractivity contribution is 7.92. The van der Waals surface area contributed by atoms with E-state index in [1.165, 1.54) is 23.1 Å². The Hall–Kier alpha value is -2.85. The second-order valence-electron chi connectivity index (χ2n) is 5.06. The first-order chi connectivity index (χ1) is 12.1. The van der Waals surface area contributed by atoms with Crippen molar-refractivity contribution in [3.05, 3.63) is 48.9 Å². The molecule has 0 amide bonds. The van der Waals surface area contributed by atoms with E-state index in [2.05, 4.69) is 25.0 Å². The molecular formula is C15H16N6O3S. The zero-order chi connectivity index (χ0) is 17.7. The number of nitrogens with one attached hydrogen (secondary N) is 1. The maximum Gasteiger partial charge on any atom is 0.266 e. The molecule has 3 heterocycles. The number of pyridine rings is 1. The third-order valence-electron chi connectivity index (χ3n) is 3.28. The fourth-order valence-electron chi connectivity index (χ4n) is 2.02. The van der Waals surface area contributed by atoms with Crippen LogP contribution in [0.3, 0.4) is 0 Å². The Balaban J connectivity index is 1.73. The number of nitrogens with zero attached hydrogens (tertiary/aromatic N) is 5. The van der Waals surface area contributed by atoms with E-state index in [4.69, 9.17) is 4.74 Å². The number of anilines is 1. The Morgan fingerprint density at radius 3 is 2.72 bits per heavy atom. The van der Waals surface area contributed by atoms with Gasteiger partial charge in [-0.2, -0.15) is 5.10 Å². The van der Waals surface area contributed by atoms with Crippen molar-refractivity contribution in [1.29, 1.82) is 0 Å². The van der Waals surface area contributed by atoms with Crippen molar-refractivity contribution >= 4 is 15.8 Å². The summed E-state index contributed by atoms with van der Waals surface area (Å²) in [6.07, 6.45) is 4.35. The first kappa shape index (κ1) is 17.0. The van der Waals surface area contributed by atoms with Gasteiger partial charge in [0.15, 0.2) is 5.82 Å². The Bertz CT molecular complexity index is 925. The van der Waals surface area contributed by atoms with Gasteiger partial charge >= 0.3 is 0 Å². The van der Waals surface area contributed by atoms with Crippen LogP contribution < -0.4 is 4.72 Å². The quantitative estimate of drug-likeness (QED) is 0.673. The van der Waals surface area contributed by atoms with Crippen molar-refractivity contribution in [3.63, 3.8) is 0 Å². The van der Waals surface area contributed by atoms with Gasteiger partial charge in [-0.1, -0.05) is 6.07 Å². The van der Waals surface area contributed by atoms with Gasteiger partial charge in [-0.25, -0.2) is 8.42 Å². The van der Waals surface area contributed by atoms with Crippen LogP contribution in [-0.2, 0) is 21.3 Å².